The molecule has 0 bridgehead atoms. The Morgan fingerprint density at radius 3 is 2.53 bits per heavy atom. The fraction of sp³-hybridized carbons (Fsp3) is 0.533. The number of piperidine rings is 1. The second-order valence-electron chi connectivity index (χ2n) is 5.54. The third-order valence-electron chi connectivity index (χ3n) is 4.01. The topological polar surface area (TPSA) is 40.5 Å². The van der Waals surface area contributed by atoms with Gasteiger partial charge in [-0.1, -0.05) is 29.8 Å². The van der Waals surface area contributed by atoms with Crippen molar-refractivity contribution in [2.24, 2.45) is 11.8 Å². The lowest BCUT2D eigenvalue weighted by atomic mass is 9.86. The molecule has 19 heavy (non-hydrogen) atoms. The second-order valence-corrected chi connectivity index (χ2v) is 6.45. The first-order chi connectivity index (χ1) is 8.99. The Bertz CT molecular complexity index is 465. The number of carboxylic acid groups (broad SMARTS) is 1. The first kappa shape index (κ1) is 14.4. The van der Waals surface area contributed by atoms with Crippen LogP contribution in [0.4, 0.5) is 5.69 Å². The van der Waals surface area contributed by atoms with Gasteiger partial charge in [0.15, 0.2) is 0 Å². The molecule has 0 aliphatic carbocycles. The highest BCUT2D eigenvalue weighted by Crippen LogP contribution is 2.31. The van der Waals surface area contributed by atoms with Gasteiger partial charge in [-0.15, -0.1) is 0 Å². The smallest absolute Gasteiger partial charge is 0.337 e. The lowest BCUT2D eigenvalue weighted by molar-refractivity contribution is 0.0697. The molecule has 1 fully saturated rings. The monoisotopic (exact) mass is 325 g/mol. The minimum atomic E-state index is -0.853. The summed E-state index contributed by atoms with van der Waals surface area (Å²) in [5, 5.41) is 9.29. The number of carbonyl (C=O) groups is 1. The maximum absolute atomic E-state index is 11.3. The van der Waals surface area contributed by atoms with E-state index >= 15 is 0 Å². The Hall–Kier alpha value is -1.03. The molecule has 1 aliphatic rings. The summed E-state index contributed by atoms with van der Waals surface area (Å²) in [5.74, 6) is 0.619. The average Bonchev–Trinajstić information content (AvgIpc) is 2.38. The van der Waals surface area contributed by atoms with E-state index in [1.165, 1.54) is 0 Å². The summed E-state index contributed by atoms with van der Waals surface area (Å²) in [6.07, 6.45) is 2.28. The lowest BCUT2D eigenvalue weighted by Crippen LogP contribution is -2.36. The highest BCUT2D eigenvalue weighted by Gasteiger charge is 2.24. The minimum absolute atomic E-state index is 0.395. The van der Waals surface area contributed by atoms with Crippen molar-refractivity contribution < 1.29 is 9.90 Å². The number of aromatic carboxylic acids is 1. The van der Waals surface area contributed by atoms with Gasteiger partial charge in [-0.3, -0.25) is 0 Å². The van der Waals surface area contributed by atoms with E-state index in [1.807, 2.05) is 6.07 Å². The van der Waals surface area contributed by atoms with Crippen molar-refractivity contribution in [1.82, 2.24) is 0 Å². The number of nitrogens with zero attached hydrogens (tertiary/aromatic N) is 1. The van der Waals surface area contributed by atoms with Gasteiger partial charge in [0.25, 0.3) is 0 Å². The molecule has 0 amide bonds. The molecule has 1 N–H and O–H groups in total. The molecule has 1 saturated heterocycles. The maximum atomic E-state index is 11.3. The predicted octanol–water partition coefficient (Wildman–Crippen LogP) is 4.02. The van der Waals surface area contributed by atoms with Crippen LogP contribution in [0.2, 0.25) is 0 Å². The molecule has 4 heteroatoms. The van der Waals surface area contributed by atoms with E-state index in [0.717, 1.165) is 42.0 Å². The molecule has 0 saturated carbocycles. The van der Waals surface area contributed by atoms with Crippen LogP contribution in [0.15, 0.2) is 22.7 Å². The van der Waals surface area contributed by atoms with Crippen LogP contribution in [0.5, 0.6) is 0 Å². The molecule has 3 nitrogen and oxygen atoms in total. The van der Waals surface area contributed by atoms with Crippen LogP contribution in [0, 0.1) is 11.8 Å². The van der Waals surface area contributed by atoms with Crippen LogP contribution in [0.1, 0.15) is 37.0 Å². The van der Waals surface area contributed by atoms with Crippen LogP contribution in [-0.2, 0) is 0 Å². The zero-order valence-electron chi connectivity index (χ0n) is 11.4. The fourth-order valence-electron chi connectivity index (χ4n) is 2.75. The van der Waals surface area contributed by atoms with Crippen LogP contribution in [0.3, 0.4) is 0 Å². The zero-order chi connectivity index (χ0) is 14.0. The molecule has 0 radical (unpaired) electrons. The van der Waals surface area contributed by atoms with Crippen molar-refractivity contribution in [2.45, 2.75) is 26.7 Å². The number of halogens is 1. The van der Waals surface area contributed by atoms with Gasteiger partial charge >= 0.3 is 5.97 Å². The van der Waals surface area contributed by atoms with E-state index in [-0.39, 0.29) is 0 Å². The number of carboxylic acids is 1. The molecule has 1 aromatic carbocycles. The summed E-state index contributed by atoms with van der Waals surface area (Å²) in [4.78, 5) is 13.5. The standard InChI is InChI=1S/C15H20BrNO2/c1-10(2)11-5-7-17(8-6-11)14-9-12(16)3-4-13(14)15(18)19/h3-4,9-11H,5-8H2,1-2H3,(H,18,19). The molecule has 0 atom stereocenters. The van der Waals surface area contributed by atoms with Crippen molar-refractivity contribution >= 4 is 27.6 Å². The Labute approximate surface area is 122 Å². The highest BCUT2D eigenvalue weighted by atomic mass is 79.9. The summed E-state index contributed by atoms with van der Waals surface area (Å²) in [5.41, 5.74) is 1.23. The van der Waals surface area contributed by atoms with Crippen molar-refractivity contribution in [1.29, 1.82) is 0 Å². The Balaban J connectivity index is 2.19. The van der Waals surface area contributed by atoms with Gasteiger partial charge in [0, 0.05) is 17.6 Å². The number of hydrogen-bond donors (Lipinski definition) is 1. The van der Waals surface area contributed by atoms with E-state index in [9.17, 15) is 9.90 Å². The van der Waals surface area contributed by atoms with Gasteiger partial charge in [-0.25, -0.2) is 4.79 Å². The number of benzene rings is 1. The van der Waals surface area contributed by atoms with Crippen molar-refractivity contribution in [3.05, 3.63) is 28.2 Å². The van der Waals surface area contributed by atoms with E-state index in [0.29, 0.717) is 11.5 Å². The van der Waals surface area contributed by atoms with E-state index in [2.05, 4.69) is 34.7 Å². The van der Waals surface area contributed by atoms with Crippen molar-refractivity contribution in [3.8, 4) is 0 Å². The molecule has 1 aromatic rings. The Morgan fingerprint density at radius 2 is 2.00 bits per heavy atom. The third kappa shape index (κ3) is 3.30. The predicted molar refractivity (Wildman–Crippen MR) is 80.9 cm³/mol. The molecule has 1 aliphatic heterocycles. The fourth-order valence-corrected chi connectivity index (χ4v) is 3.10. The third-order valence-corrected chi connectivity index (χ3v) is 4.51. The van der Waals surface area contributed by atoms with Gasteiger partial charge in [-0.05, 0) is 42.9 Å². The quantitative estimate of drug-likeness (QED) is 0.912. The van der Waals surface area contributed by atoms with Crippen LogP contribution in [-0.4, -0.2) is 24.2 Å². The SMILES string of the molecule is CC(C)C1CCN(c2cc(Br)ccc2C(=O)O)CC1. The van der Waals surface area contributed by atoms with Crippen LogP contribution < -0.4 is 4.90 Å². The first-order valence-electron chi connectivity index (χ1n) is 6.77. The highest BCUT2D eigenvalue weighted by molar-refractivity contribution is 9.10. The van der Waals surface area contributed by atoms with Crippen molar-refractivity contribution in [3.63, 3.8) is 0 Å². The molecule has 0 unspecified atom stereocenters. The number of rotatable bonds is 3. The summed E-state index contributed by atoms with van der Waals surface area (Å²) < 4.78 is 0.929. The van der Waals surface area contributed by atoms with Gasteiger partial charge in [0.05, 0.1) is 11.3 Å². The molecule has 2 rings (SSSR count). The maximum Gasteiger partial charge on any atom is 0.337 e. The van der Waals surface area contributed by atoms with E-state index < -0.39 is 5.97 Å². The van der Waals surface area contributed by atoms with E-state index in [1.54, 1.807) is 12.1 Å². The zero-order valence-corrected chi connectivity index (χ0v) is 13.0. The Kier molecular flexibility index (Phi) is 4.50. The lowest BCUT2D eigenvalue weighted by Gasteiger charge is -2.36. The van der Waals surface area contributed by atoms with Crippen LogP contribution in [0.25, 0.3) is 0 Å². The molecule has 0 aromatic heterocycles. The minimum Gasteiger partial charge on any atom is -0.478 e. The molecular formula is C15H20BrNO2. The van der Waals surface area contributed by atoms with Gasteiger partial charge < -0.3 is 10.0 Å². The van der Waals surface area contributed by atoms with Gasteiger partial charge in [0.1, 0.15) is 0 Å². The molecule has 0 spiro atoms. The normalized spacial score (nSPS) is 16.9. The van der Waals surface area contributed by atoms with Crippen molar-refractivity contribution in [2.75, 3.05) is 18.0 Å². The average molecular weight is 326 g/mol. The number of hydrogen-bond acceptors (Lipinski definition) is 2. The van der Waals surface area contributed by atoms with Gasteiger partial charge in [0.2, 0.25) is 0 Å². The molecular weight excluding hydrogens is 306 g/mol. The summed E-state index contributed by atoms with van der Waals surface area (Å²) in [6.45, 7) is 6.42. The summed E-state index contributed by atoms with van der Waals surface area (Å²) >= 11 is 3.43. The van der Waals surface area contributed by atoms with E-state index in [4.69, 9.17) is 0 Å². The molecule has 1 heterocycles. The summed E-state index contributed by atoms with van der Waals surface area (Å²) in [6, 6.07) is 5.38. The summed E-state index contributed by atoms with van der Waals surface area (Å²) in [7, 11) is 0. The van der Waals surface area contributed by atoms with Gasteiger partial charge in [-0.2, -0.15) is 0 Å². The number of anilines is 1. The second kappa shape index (κ2) is 5.95. The Morgan fingerprint density at radius 1 is 1.37 bits per heavy atom. The largest absolute Gasteiger partial charge is 0.478 e. The first-order valence-corrected chi connectivity index (χ1v) is 7.56. The molecule has 104 valence electrons. The van der Waals surface area contributed by atoms with Crippen LogP contribution >= 0.6 is 15.9 Å².